The molecule has 0 aliphatic rings. The summed E-state index contributed by atoms with van der Waals surface area (Å²) >= 11 is 0. The van der Waals surface area contributed by atoms with Gasteiger partial charge in [0.1, 0.15) is 0 Å². The van der Waals surface area contributed by atoms with E-state index in [2.05, 4.69) is 23.2 Å². The first-order chi connectivity index (χ1) is 5.90. The first-order valence-electron chi connectivity index (χ1n) is 4.03. The largest absolute Gasteiger partial charge is 0.355 e. The summed E-state index contributed by atoms with van der Waals surface area (Å²) in [5, 5.41) is 1.14. The van der Waals surface area contributed by atoms with Gasteiger partial charge in [-0.15, -0.1) is 0 Å². The molecule has 0 aliphatic heterocycles. The van der Waals surface area contributed by atoms with E-state index in [-0.39, 0.29) is 0 Å². The second-order valence-electron chi connectivity index (χ2n) is 2.71. The van der Waals surface area contributed by atoms with Gasteiger partial charge in [-0.25, -0.2) is 0 Å². The molecule has 2 rings (SSSR count). The van der Waals surface area contributed by atoms with E-state index < -0.39 is 0 Å². The number of allylic oxidation sites excluding steroid dienone is 1. The molecule has 0 saturated heterocycles. The first kappa shape index (κ1) is 7.17. The van der Waals surface area contributed by atoms with Crippen LogP contribution in [0.4, 0.5) is 0 Å². The van der Waals surface area contributed by atoms with Gasteiger partial charge in [-0.05, 0) is 19.1 Å². The summed E-state index contributed by atoms with van der Waals surface area (Å²) in [6.45, 7) is 2.00. The molecule has 1 radical (unpaired) electrons. The summed E-state index contributed by atoms with van der Waals surface area (Å²) in [6, 6.07) is 11.4. The van der Waals surface area contributed by atoms with Crippen LogP contribution in [0.3, 0.4) is 0 Å². The summed E-state index contributed by atoms with van der Waals surface area (Å²) in [5.41, 5.74) is 2.18. The van der Waals surface area contributed by atoms with Crippen LogP contribution in [0, 0.1) is 6.07 Å². The molecule has 1 aromatic heterocycles. The minimum absolute atomic E-state index is 1.04. The van der Waals surface area contributed by atoms with Crippen molar-refractivity contribution >= 4 is 17.0 Å². The zero-order valence-corrected chi connectivity index (χ0v) is 6.96. The van der Waals surface area contributed by atoms with Crippen LogP contribution in [0.1, 0.15) is 12.6 Å². The molecule has 1 nitrogen and oxygen atoms in total. The molecule has 1 heteroatoms. The van der Waals surface area contributed by atoms with Crippen molar-refractivity contribution < 1.29 is 0 Å². The molecule has 1 heterocycles. The van der Waals surface area contributed by atoms with Gasteiger partial charge in [0.05, 0.1) is 0 Å². The molecule has 1 N–H and O–H groups in total. The van der Waals surface area contributed by atoms with Crippen LogP contribution < -0.4 is 0 Å². The number of para-hydroxylation sites is 1. The molecule has 0 atom stereocenters. The quantitative estimate of drug-likeness (QED) is 0.653. The Morgan fingerprint density at radius 3 is 2.92 bits per heavy atom. The highest BCUT2D eigenvalue weighted by Gasteiger charge is 1.95. The maximum Gasteiger partial charge on any atom is 0.0468 e. The minimum Gasteiger partial charge on any atom is -0.355 e. The summed E-state index contributed by atoms with van der Waals surface area (Å²) in [7, 11) is 0. The van der Waals surface area contributed by atoms with Crippen molar-refractivity contribution in [1.29, 1.82) is 0 Å². The maximum absolute atomic E-state index is 3.25. The van der Waals surface area contributed by atoms with E-state index in [0.717, 1.165) is 16.6 Å². The fourth-order valence-corrected chi connectivity index (χ4v) is 1.27. The Morgan fingerprint density at radius 1 is 1.33 bits per heavy atom. The Bertz CT molecular complexity index is 377. The smallest absolute Gasteiger partial charge is 0.0468 e. The van der Waals surface area contributed by atoms with Crippen molar-refractivity contribution in [2.24, 2.45) is 0 Å². The molecule has 0 saturated carbocycles. The highest BCUT2D eigenvalue weighted by atomic mass is 14.7. The highest BCUT2D eigenvalue weighted by Crippen LogP contribution is 2.14. The average molecular weight is 156 g/mol. The van der Waals surface area contributed by atoms with Gasteiger partial charge in [-0.2, -0.15) is 0 Å². The molecule has 1 aromatic carbocycles. The Hall–Kier alpha value is -1.50. The van der Waals surface area contributed by atoms with Gasteiger partial charge in [-0.3, -0.25) is 0 Å². The number of hydrogen-bond acceptors (Lipinski definition) is 0. The van der Waals surface area contributed by atoms with E-state index >= 15 is 0 Å². The van der Waals surface area contributed by atoms with Crippen LogP contribution in [-0.2, 0) is 0 Å². The van der Waals surface area contributed by atoms with Crippen LogP contribution >= 0.6 is 0 Å². The van der Waals surface area contributed by atoms with Gasteiger partial charge < -0.3 is 4.98 Å². The summed E-state index contributed by atoms with van der Waals surface area (Å²) < 4.78 is 0. The number of fused-ring (bicyclic) bond motifs is 1. The van der Waals surface area contributed by atoms with Crippen molar-refractivity contribution in [3.8, 4) is 0 Å². The SMILES string of the molecule is CC=Cc1[c]c2ccccc2[nH]1. The molecule has 0 amide bonds. The normalized spacial score (nSPS) is 11.4. The van der Waals surface area contributed by atoms with Crippen LogP contribution in [0.15, 0.2) is 30.3 Å². The van der Waals surface area contributed by atoms with E-state index in [4.69, 9.17) is 0 Å². The summed E-state index contributed by atoms with van der Waals surface area (Å²) in [4.78, 5) is 3.25. The van der Waals surface area contributed by atoms with Gasteiger partial charge in [-0.1, -0.05) is 24.3 Å². The highest BCUT2D eigenvalue weighted by molar-refractivity contribution is 5.81. The van der Waals surface area contributed by atoms with Crippen LogP contribution in [0.25, 0.3) is 17.0 Å². The standard InChI is InChI=1S/C11H10N/c1-2-5-10-8-9-6-3-4-7-11(9)12-10/h2-7,12H,1H3. The van der Waals surface area contributed by atoms with E-state index in [1.165, 1.54) is 0 Å². The number of H-pyrrole nitrogens is 1. The van der Waals surface area contributed by atoms with Crippen molar-refractivity contribution in [3.63, 3.8) is 0 Å². The van der Waals surface area contributed by atoms with E-state index in [1.54, 1.807) is 0 Å². The molecular weight excluding hydrogens is 146 g/mol. The molecule has 59 valence electrons. The lowest BCUT2D eigenvalue weighted by Gasteiger charge is -1.83. The third-order valence-electron chi connectivity index (χ3n) is 1.80. The monoisotopic (exact) mass is 156 g/mol. The Labute approximate surface area is 71.7 Å². The Morgan fingerprint density at radius 2 is 2.17 bits per heavy atom. The summed E-state index contributed by atoms with van der Waals surface area (Å²) in [6.07, 6.45) is 4.02. The van der Waals surface area contributed by atoms with E-state index in [1.807, 2.05) is 31.2 Å². The number of nitrogens with one attached hydrogen (secondary N) is 1. The molecule has 12 heavy (non-hydrogen) atoms. The van der Waals surface area contributed by atoms with Gasteiger partial charge in [0.2, 0.25) is 0 Å². The lowest BCUT2D eigenvalue weighted by molar-refractivity contribution is 1.42. The molecule has 0 aliphatic carbocycles. The maximum atomic E-state index is 3.25. The lowest BCUT2D eigenvalue weighted by atomic mass is 10.2. The zero-order chi connectivity index (χ0) is 8.39. The van der Waals surface area contributed by atoms with Crippen molar-refractivity contribution in [2.45, 2.75) is 6.92 Å². The second kappa shape index (κ2) is 2.86. The molecule has 0 unspecified atom stereocenters. The number of hydrogen-bond donors (Lipinski definition) is 1. The number of aromatic amines is 1. The van der Waals surface area contributed by atoms with Crippen molar-refractivity contribution in [3.05, 3.63) is 42.1 Å². The van der Waals surface area contributed by atoms with Gasteiger partial charge in [0, 0.05) is 22.7 Å². The van der Waals surface area contributed by atoms with E-state index in [0.29, 0.717) is 0 Å². The predicted octanol–water partition coefficient (Wildman–Crippen LogP) is 3.00. The third-order valence-corrected chi connectivity index (χ3v) is 1.80. The molecule has 2 aromatic rings. The second-order valence-corrected chi connectivity index (χ2v) is 2.71. The minimum atomic E-state index is 1.04. The Kier molecular flexibility index (Phi) is 1.71. The fourth-order valence-electron chi connectivity index (χ4n) is 1.27. The van der Waals surface area contributed by atoms with Crippen molar-refractivity contribution in [2.75, 3.05) is 0 Å². The predicted molar refractivity (Wildman–Crippen MR) is 51.8 cm³/mol. The van der Waals surface area contributed by atoms with Crippen LogP contribution in [0.5, 0.6) is 0 Å². The lowest BCUT2D eigenvalue weighted by Crippen LogP contribution is -1.67. The van der Waals surface area contributed by atoms with Crippen LogP contribution in [0.2, 0.25) is 0 Å². The van der Waals surface area contributed by atoms with Crippen LogP contribution in [-0.4, -0.2) is 4.98 Å². The zero-order valence-electron chi connectivity index (χ0n) is 6.96. The molecule has 0 fully saturated rings. The topological polar surface area (TPSA) is 15.8 Å². The number of aromatic nitrogens is 1. The first-order valence-corrected chi connectivity index (χ1v) is 4.03. The summed E-state index contributed by atoms with van der Waals surface area (Å²) in [5.74, 6) is 0. The van der Waals surface area contributed by atoms with Crippen molar-refractivity contribution in [1.82, 2.24) is 4.98 Å². The third kappa shape index (κ3) is 1.14. The molecular formula is C11H10N. The Balaban J connectivity index is 2.62. The fraction of sp³-hybridized carbons (Fsp3) is 0.0909. The molecule has 0 spiro atoms. The van der Waals surface area contributed by atoms with Gasteiger partial charge in [0.25, 0.3) is 0 Å². The number of benzene rings is 1. The van der Waals surface area contributed by atoms with Gasteiger partial charge in [0.15, 0.2) is 0 Å². The number of rotatable bonds is 1. The van der Waals surface area contributed by atoms with E-state index in [9.17, 15) is 0 Å². The molecule has 0 bridgehead atoms. The van der Waals surface area contributed by atoms with Gasteiger partial charge >= 0.3 is 0 Å². The average Bonchev–Trinajstić information content (AvgIpc) is 2.47.